The Bertz CT molecular complexity index is 1860. The number of nitrogens with two attached hydrogens (primary N) is 1. The maximum atomic E-state index is 14.0. The average Bonchev–Trinajstić information content (AvgIpc) is 3.92. The van der Waals surface area contributed by atoms with Gasteiger partial charge >= 0.3 is 19.8 Å². The molecule has 78 heavy (non-hydrogen) atoms. The molecule has 0 heterocycles. The first-order valence-electron chi connectivity index (χ1n) is 32.7. The summed E-state index contributed by atoms with van der Waals surface area (Å²) >= 11 is 0. The highest BCUT2D eigenvalue weighted by molar-refractivity contribution is 7.47. The monoisotopic (exact) mass is 1110 g/mol. The Morgan fingerprint density at radius 3 is 1.78 bits per heavy atom. The molecule has 3 saturated carbocycles. The molecule has 0 aromatic carbocycles. The van der Waals surface area contributed by atoms with Gasteiger partial charge in [-0.15, -0.1) is 0 Å². The summed E-state index contributed by atoms with van der Waals surface area (Å²) in [6.45, 7) is 16.4. The van der Waals surface area contributed by atoms with Crippen LogP contribution in [0, 0.1) is 52.3 Å². The highest BCUT2D eigenvalue weighted by atomic mass is 31.2. The fourth-order valence-corrected chi connectivity index (χ4v) is 15.4. The van der Waals surface area contributed by atoms with Crippen LogP contribution in [0.3, 0.4) is 0 Å². The number of rotatable bonds is 43. The van der Waals surface area contributed by atoms with E-state index in [-0.39, 0.29) is 43.3 Å². The smallest absolute Gasteiger partial charge is 0.458 e. The molecule has 9 nitrogen and oxygen atoms in total. The zero-order valence-electron chi connectivity index (χ0n) is 51.1. The van der Waals surface area contributed by atoms with Crippen molar-refractivity contribution in [2.45, 2.75) is 285 Å². The topological polar surface area (TPSA) is 134 Å². The number of allylic oxidation sites excluding steroid dienone is 10. The van der Waals surface area contributed by atoms with Crippen LogP contribution in [-0.2, 0) is 32.7 Å². The van der Waals surface area contributed by atoms with Gasteiger partial charge in [-0.3, -0.25) is 18.6 Å². The van der Waals surface area contributed by atoms with Gasteiger partial charge in [-0.2, -0.15) is 0 Å². The minimum absolute atomic E-state index is 0.0459. The van der Waals surface area contributed by atoms with E-state index in [2.05, 4.69) is 103 Å². The van der Waals surface area contributed by atoms with Gasteiger partial charge in [-0.1, -0.05) is 192 Å². The summed E-state index contributed by atoms with van der Waals surface area (Å²) in [6.07, 6.45) is 56.1. The normalized spacial score (nSPS) is 26.3. The van der Waals surface area contributed by atoms with Crippen LogP contribution in [0.15, 0.2) is 60.3 Å². The summed E-state index contributed by atoms with van der Waals surface area (Å²) in [6, 6.07) is 0. The molecular formula is C68H118NO8P. The number of phosphoric ester groups is 1. The third-order valence-corrected chi connectivity index (χ3v) is 20.1. The number of ether oxygens (including phenoxy) is 2. The zero-order chi connectivity index (χ0) is 56.5. The van der Waals surface area contributed by atoms with E-state index < -0.39 is 32.6 Å². The van der Waals surface area contributed by atoms with Gasteiger partial charge in [0.15, 0.2) is 6.10 Å². The van der Waals surface area contributed by atoms with E-state index in [0.29, 0.717) is 30.1 Å². The summed E-state index contributed by atoms with van der Waals surface area (Å²) in [5.74, 6) is 3.51. The van der Waals surface area contributed by atoms with Crippen LogP contribution in [0.1, 0.15) is 273 Å². The first-order valence-corrected chi connectivity index (χ1v) is 34.2. The predicted molar refractivity (Wildman–Crippen MR) is 326 cm³/mol. The Labute approximate surface area is 478 Å². The summed E-state index contributed by atoms with van der Waals surface area (Å²) in [4.78, 5) is 38.6. The van der Waals surface area contributed by atoms with E-state index in [9.17, 15) is 19.0 Å². The van der Waals surface area contributed by atoms with Gasteiger partial charge in [0.1, 0.15) is 6.10 Å². The van der Waals surface area contributed by atoms with Crippen molar-refractivity contribution in [3.8, 4) is 0 Å². The van der Waals surface area contributed by atoms with E-state index in [4.69, 9.17) is 24.3 Å². The van der Waals surface area contributed by atoms with E-state index >= 15 is 0 Å². The number of carbonyl (C=O) groups excluding carboxylic acids is 2. The molecule has 0 aromatic rings. The second kappa shape index (κ2) is 38.5. The molecule has 11 atom stereocenters. The van der Waals surface area contributed by atoms with E-state index in [1.165, 1.54) is 102 Å². The van der Waals surface area contributed by atoms with Crippen LogP contribution in [0.4, 0.5) is 0 Å². The third-order valence-electron chi connectivity index (χ3n) is 19.2. The molecule has 6 unspecified atom stereocenters. The van der Waals surface area contributed by atoms with Crippen LogP contribution in [0.2, 0.25) is 0 Å². The van der Waals surface area contributed by atoms with Crippen LogP contribution < -0.4 is 5.73 Å². The lowest BCUT2D eigenvalue weighted by Crippen LogP contribution is -2.52. The number of carbonyl (C=O) groups is 2. The summed E-state index contributed by atoms with van der Waals surface area (Å²) < 4.78 is 36.7. The maximum Gasteiger partial charge on any atom is 0.472 e. The Hall–Kier alpha value is -2.29. The lowest BCUT2D eigenvalue weighted by molar-refractivity contribution is -0.177. The molecule has 3 fully saturated rings. The maximum absolute atomic E-state index is 14.0. The van der Waals surface area contributed by atoms with Crippen molar-refractivity contribution in [2.24, 2.45) is 58.0 Å². The van der Waals surface area contributed by atoms with Crippen molar-refractivity contribution in [3.63, 3.8) is 0 Å². The molecule has 0 spiro atoms. The molecule has 0 amide bonds. The number of phosphoric acid groups is 1. The van der Waals surface area contributed by atoms with Crippen molar-refractivity contribution in [1.82, 2.24) is 0 Å². The lowest BCUT2D eigenvalue weighted by Gasteiger charge is -2.59. The molecule has 4 aliphatic rings. The molecule has 0 aliphatic heterocycles. The molecule has 448 valence electrons. The fourth-order valence-electron chi connectivity index (χ4n) is 14.6. The van der Waals surface area contributed by atoms with Crippen LogP contribution in [0.5, 0.6) is 0 Å². The fraction of sp³-hybridized carbons (Fsp3) is 0.824. The van der Waals surface area contributed by atoms with E-state index in [1.54, 1.807) is 0 Å². The van der Waals surface area contributed by atoms with Gasteiger partial charge in [0.2, 0.25) is 0 Å². The zero-order valence-corrected chi connectivity index (χ0v) is 52.0. The highest BCUT2D eigenvalue weighted by Gasteiger charge is 2.59. The minimum atomic E-state index is -4.55. The van der Waals surface area contributed by atoms with Gasteiger partial charge in [-0.05, 0) is 175 Å². The molecule has 0 radical (unpaired) electrons. The summed E-state index contributed by atoms with van der Waals surface area (Å²) in [7, 11) is -4.55. The molecule has 0 bridgehead atoms. The Morgan fingerprint density at radius 2 is 1.22 bits per heavy atom. The molecular weight excluding hydrogens is 990 g/mol. The first-order chi connectivity index (χ1) is 37.7. The number of fused-ring (bicyclic) bond motifs is 5. The van der Waals surface area contributed by atoms with E-state index in [1.807, 2.05) is 0 Å². The SMILES string of the molecule is CCCCC/C=C\C/C=C\CCCCCCCC(=O)OC(C1CC[C@@]2(C)C(=CCC3C2CC[C@@]2(C)C3CC[C@@H]2[C@H](C)CCCC(C)C)C1)[C@H](COP(=O)(O)OCCN)OC(=O)CCCCCCC/C=C\C/C=C\CCCCC. The summed E-state index contributed by atoms with van der Waals surface area (Å²) in [5.41, 5.74) is 7.53. The number of esters is 2. The van der Waals surface area contributed by atoms with Crippen molar-refractivity contribution in [2.75, 3.05) is 19.8 Å². The van der Waals surface area contributed by atoms with Gasteiger partial charge < -0.3 is 20.1 Å². The van der Waals surface area contributed by atoms with Crippen LogP contribution >= 0.6 is 7.82 Å². The van der Waals surface area contributed by atoms with Crippen molar-refractivity contribution >= 4 is 19.8 Å². The molecule has 0 aromatic heterocycles. The van der Waals surface area contributed by atoms with Crippen molar-refractivity contribution in [1.29, 1.82) is 0 Å². The Balaban J connectivity index is 1.42. The van der Waals surface area contributed by atoms with E-state index in [0.717, 1.165) is 126 Å². The molecule has 3 N–H and O–H groups in total. The van der Waals surface area contributed by atoms with Gasteiger partial charge in [0, 0.05) is 25.3 Å². The quantitative estimate of drug-likeness (QED) is 0.0265. The number of hydrogen-bond donors (Lipinski definition) is 2. The molecule has 0 saturated heterocycles. The van der Waals surface area contributed by atoms with Crippen LogP contribution in [0.25, 0.3) is 0 Å². The lowest BCUT2D eigenvalue weighted by atomic mass is 9.46. The first kappa shape index (κ1) is 68.2. The highest BCUT2D eigenvalue weighted by Crippen LogP contribution is 2.68. The van der Waals surface area contributed by atoms with Gasteiger partial charge in [0.05, 0.1) is 13.2 Å². The van der Waals surface area contributed by atoms with Gasteiger partial charge in [-0.25, -0.2) is 4.57 Å². The molecule has 4 rings (SSSR count). The average molecular weight is 1110 g/mol. The summed E-state index contributed by atoms with van der Waals surface area (Å²) in [5, 5.41) is 0. The Morgan fingerprint density at radius 1 is 0.667 bits per heavy atom. The van der Waals surface area contributed by atoms with Crippen molar-refractivity contribution < 1.29 is 37.6 Å². The minimum Gasteiger partial charge on any atom is -0.458 e. The van der Waals surface area contributed by atoms with Gasteiger partial charge in [0.25, 0.3) is 0 Å². The number of unbranched alkanes of at least 4 members (excludes halogenated alkanes) is 16. The number of hydrogen-bond acceptors (Lipinski definition) is 8. The van der Waals surface area contributed by atoms with Crippen LogP contribution in [-0.4, -0.2) is 48.8 Å². The molecule has 10 heteroatoms. The second-order valence-electron chi connectivity index (χ2n) is 25.6. The Kier molecular flexibility index (Phi) is 33.6. The second-order valence-corrected chi connectivity index (χ2v) is 27.1. The largest absolute Gasteiger partial charge is 0.472 e. The third kappa shape index (κ3) is 24.3. The predicted octanol–water partition coefficient (Wildman–Crippen LogP) is 19.2. The van der Waals surface area contributed by atoms with Crippen molar-refractivity contribution in [3.05, 3.63) is 60.3 Å². The standard InChI is InChI=1S/C68H118NO8P/c1-8-10-12-14-16-18-20-22-24-26-28-30-32-34-36-41-64(70)76-63(54-75-78(72,73)74-52-51-69)66(77-65(71)42-37-35-33-31-29-27-25-23-21-19-17-15-13-11-9-2)57-47-49-67(6)58(53-57)43-44-59-61-46-45-60(56(5)40-38-39-55(3)4)68(61,7)50-48-62(59)67/h16-19,22-25,43,55-57,59-63,66H,8-15,20-21,26-42,44-54,69H2,1-7H3,(H,72,73)/b18-16-,19-17-,24-22-,25-23-/t56-,57?,59?,60-,61?,62?,63+,66?,67+,68-/m1/s1. The molecule has 4 aliphatic carbocycles.